The second kappa shape index (κ2) is 6.10. The van der Waals surface area contributed by atoms with Crippen molar-refractivity contribution >= 4 is 5.97 Å². The number of rotatable bonds is 5. The average Bonchev–Trinajstić information content (AvgIpc) is 2.93. The lowest BCUT2D eigenvalue weighted by Crippen LogP contribution is -2.15. The molecular formula is C14H16O4. The molecule has 0 fully saturated rings. The van der Waals surface area contributed by atoms with E-state index < -0.39 is 0 Å². The zero-order valence-electron chi connectivity index (χ0n) is 10.3. The van der Waals surface area contributed by atoms with Crippen molar-refractivity contribution in [1.29, 1.82) is 0 Å². The number of carbonyl (C=O) groups excluding carboxylic acids is 1. The molecule has 4 heteroatoms. The molecule has 96 valence electrons. The predicted molar refractivity (Wildman–Crippen MR) is 65.4 cm³/mol. The van der Waals surface area contributed by atoms with E-state index in [0.717, 1.165) is 12.0 Å². The summed E-state index contributed by atoms with van der Waals surface area (Å²) in [4.78, 5) is 11.4. The summed E-state index contributed by atoms with van der Waals surface area (Å²) in [6.45, 7) is 0.224. The van der Waals surface area contributed by atoms with Crippen LogP contribution >= 0.6 is 0 Å². The van der Waals surface area contributed by atoms with Crippen LogP contribution in [0.2, 0.25) is 0 Å². The van der Waals surface area contributed by atoms with Crippen LogP contribution in [0, 0.1) is 5.92 Å². The number of allylic oxidation sites excluding steroid dienone is 1. The molecule has 1 aliphatic heterocycles. The van der Waals surface area contributed by atoms with Gasteiger partial charge < -0.3 is 14.2 Å². The summed E-state index contributed by atoms with van der Waals surface area (Å²) in [7, 11) is 1.39. The molecule has 2 rings (SSSR count). The fourth-order valence-electron chi connectivity index (χ4n) is 1.92. The molecule has 1 unspecified atom stereocenters. The van der Waals surface area contributed by atoms with E-state index >= 15 is 0 Å². The molecule has 1 aliphatic rings. The Balaban J connectivity index is 2.07. The van der Waals surface area contributed by atoms with Crippen LogP contribution in [0.25, 0.3) is 0 Å². The maximum absolute atomic E-state index is 11.4. The Morgan fingerprint density at radius 2 is 2.17 bits per heavy atom. The number of carbonyl (C=O) groups is 1. The SMILES string of the molecule is COC(=O)CC(Cc1ccccc1)C1=COCO1. The molecule has 1 atom stereocenters. The van der Waals surface area contributed by atoms with Gasteiger partial charge in [0.1, 0.15) is 12.0 Å². The van der Waals surface area contributed by atoms with Crippen molar-refractivity contribution in [3.05, 3.63) is 47.9 Å². The molecule has 1 aromatic rings. The maximum atomic E-state index is 11.4. The highest BCUT2D eigenvalue weighted by molar-refractivity contribution is 5.69. The quantitative estimate of drug-likeness (QED) is 0.750. The molecule has 18 heavy (non-hydrogen) atoms. The van der Waals surface area contributed by atoms with E-state index in [1.807, 2.05) is 30.3 Å². The molecule has 0 saturated carbocycles. The summed E-state index contributed by atoms with van der Waals surface area (Å²) >= 11 is 0. The Morgan fingerprint density at radius 3 is 2.78 bits per heavy atom. The van der Waals surface area contributed by atoms with Crippen molar-refractivity contribution in [3.63, 3.8) is 0 Å². The van der Waals surface area contributed by atoms with Crippen molar-refractivity contribution in [1.82, 2.24) is 0 Å². The van der Waals surface area contributed by atoms with Crippen LogP contribution in [-0.4, -0.2) is 19.9 Å². The van der Waals surface area contributed by atoms with Gasteiger partial charge in [0.25, 0.3) is 0 Å². The second-order valence-electron chi connectivity index (χ2n) is 4.12. The van der Waals surface area contributed by atoms with Crippen LogP contribution in [0.5, 0.6) is 0 Å². The summed E-state index contributed by atoms with van der Waals surface area (Å²) in [5.74, 6) is 0.430. The third kappa shape index (κ3) is 3.26. The first-order valence-electron chi connectivity index (χ1n) is 5.85. The Labute approximate surface area is 106 Å². The van der Waals surface area contributed by atoms with Crippen molar-refractivity contribution < 1.29 is 19.0 Å². The molecule has 0 saturated heterocycles. The number of methoxy groups -OCH3 is 1. The standard InChI is InChI=1S/C14H16O4/c1-16-14(15)8-12(13-9-17-10-18-13)7-11-5-3-2-4-6-11/h2-6,9,12H,7-8,10H2,1H3. The maximum Gasteiger partial charge on any atom is 0.306 e. The number of hydrogen-bond acceptors (Lipinski definition) is 4. The second-order valence-corrected chi connectivity index (χ2v) is 4.12. The first-order valence-corrected chi connectivity index (χ1v) is 5.85. The van der Waals surface area contributed by atoms with Gasteiger partial charge in [0.2, 0.25) is 6.79 Å². The van der Waals surface area contributed by atoms with Crippen LogP contribution in [0.15, 0.2) is 42.4 Å². The van der Waals surface area contributed by atoms with Crippen molar-refractivity contribution in [3.8, 4) is 0 Å². The summed E-state index contributed by atoms with van der Waals surface area (Å²) in [6, 6.07) is 9.98. The minimum atomic E-state index is -0.243. The fraction of sp³-hybridized carbons (Fsp3) is 0.357. The normalized spacial score (nSPS) is 15.3. The molecule has 4 nitrogen and oxygen atoms in total. The van der Waals surface area contributed by atoms with Crippen LogP contribution < -0.4 is 0 Å². The third-order valence-corrected chi connectivity index (χ3v) is 2.86. The van der Waals surface area contributed by atoms with E-state index in [2.05, 4.69) is 0 Å². The number of benzene rings is 1. The molecule has 1 aromatic carbocycles. The van der Waals surface area contributed by atoms with E-state index in [1.165, 1.54) is 7.11 Å². The third-order valence-electron chi connectivity index (χ3n) is 2.86. The summed E-state index contributed by atoms with van der Waals surface area (Å²) in [5.41, 5.74) is 1.16. The van der Waals surface area contributed by atoms with Crippen molar-refractivity contribution in [2.24, 2.45) is 5.92 Å². The Morgan fingerprint density at radius 1 is 1.39 bits per heavy atom. The molecular weight excluding hydrogens is 232 g/mol. The monoisotopic (exact) mass is 248 g/mol. The molecule has 0 bridgehead atoms. The number of hydrogen-bond donors (Lipinski definition) is 0. The summed E-state index contributed by atoms with van der Waals surface area (Å²) < 4.78 is 15.1. The van der Waals surface area contributed by atoms with E-state index in [4.69, 9.17) is 14.2 Å². The lowest BCUT2D eigenvalue weighted by Gasteiger charge is -2.15. The number of ether oxygens (including phenoxy) is 3. The van der Waals surface area contributed by atoms with Gasteiger partial charge in [0, 0.05) is 5.92 Å². The van der Waals surface area contributed by atoms with Gasteiger partial charge in [-0.3, -0.25) is 4.79 Å². The van der Waals surface area contributed by atoms with E-state index in [-0.39, 0.29) is 18.7 Å². The molecule has 1 heterocycles. The Hall–Kier alpha value is -1.97. The van der Waals surface area contributed by atoms with Crippen LogP contribution in [-0.2, 0) is 25.4 Å². The molecule has 0 radical (unpaired) electrons. The van der Waals surface area contributed by atoms with Gasteiger partial charge in [-0.1, -0.05) is 30.3 Å². The Bertz CT molecular complexity index is 425. The van der Waals surface area contributed by atoms with E-state index in [0.29, 0.717) is 12.2 Å². The average molecular weight is 248 g/mol. The molecule has 0 N–H and O–H groups in total. The highest BCUT2D eigenvalue weighted by Crippen LogP contribution is 2.25. The largest absolute Gasteiger partial charge is 0.469 e. The minimum Gasteiger partial charge on any atom is -0.469 e. The first-order chi connectivity index (χ1) is 8.79. The van der Waals surface area contributed by atoms with Gasteiger partial charge in [-0.2, -0.15) is 0 Å². The molecule has 0 aliphatic carbocycles. The zero-order valence-corrected chi connectivity index (χ0v) is 10.3. The molecule has 0 aromatic heterocycles. The first kappa shape index (κ1) is 12.5. The molecule has 0 spiro atoms. The van der Waals surface area contributed by atoms with Gasteiger partial charge in [0.15, 0.2) is 0 Å². The lowest BCUT2D eigenvalue weighted by atomic mass is 9.94. The summed E-state index contributed by atoms with van der Waals surface area (Å²) in [5, 5.41) is 0. The van der Waals surface area contributed by atoms with Crippen LogP contribution in [0.3, 0.4) is 0 Å². The van der Waals surface area contributed by atoms with Crippen molar-refractivity contribution in [2.75, 3.05) is 13.9 Å². The van der Waals surface area contributed by atoms with Crippen molar-refractivity contribution in [2.45, 2.75) is 12.8 Å². The predicted octanol–water partition coefficient (Wildman–Crippen LogP) is 2.25. The van der Waals surface area contributed by atoms with Gasteiger partial charge in [-0.25, -0.2) is 0 Å². The highest BCUT2D eigenvalue weighted by atomic mass is 16.7. The van der Waals surface area contributed by atoms with E-state index in [9.17, 15) is 4.79 Å². The number of esters is 1. The summed E-state index contributed by atoms with van der Waals surface area (Å²) in [6.07, 6.45) is 2.60. The van der Waals surface area contributed by atoms with Gasteiger partial charge in [0.05, 0.1) is 13.5 Å². The zero-order chi connectivity index (χ0) is 12.8. The van der Waals surface area contributed by atoms with Gasteiger partial charge in [-0.15, -0.1) is 0 Å². The Kier molecular flexibility index (Phi) is 4.23. The molecule has 0 amide bonds. The minimum absolute atomic E-state index is 0.0395. The fourth-order valence-corrected chi connectivity index (χ4v) is 1.92. The smallest absolute Gasteiger partial charge is 0.306 e. The lowest BCUT2D eigenvalue weighted by molar-refractivity contribution is -0.141. The topological polar surface area (TPSA) is 44.8 Å². The van der Waals surface area contributed by atoms with Gasteiger partial charge >= 0.3 is 5.97 Å². The van der Waals surface area contributed by atoms with Crippen LogP contribution in [0.4, 0.5) is 0 Å². The van der Waals surface area contributed by atoms with E-state index in [1.54, 1.807) is 6.26 Å². The van der Waals surface area contributed by atoms with Gasteiger partial charge in [-0.05, 0) is 12.0 Å². The highest BCUT2D eigenvalue weighted by Gasteiger charge is 2.23. The van der Waals surface area contributed by atoms with Crippen LogP contribution in [0.1, 0.15) is 12.0 Å².